The summed E-state index contributed by atoms with van der Waals surface area (Å²) < 4.78 is 22.1. The van der Waals surface area contributed by atoms with Crippen LogP contribution in [0.1, 0.15) is 6.92 Å². The third-order valence-corrected chi connectivity index (χ3v) is 2.95. The zero-order valence-electron chi connectivity index (χ0n) is 10.7. The maximum atomic E-state index is 10.7. The summed E-state index contributed by atoms with van der Waals surface area (Å²) in [6, 6.07) is 0. The summed E-state index contributed by atoms with van der Waals surface area (Å²) in [5, 5.41) is 0. The number of aromatic nitrogens is 4. The first kappa shape index (κ1) is 14.8. The SMILES string of the molecule is C[C@H](Cn1cnc2c(N)ncnc21)OCOP(N)(=O)O. The Kier molecular flexibility index (Phi) is 4.31. The van der Waals surface area contributed by atoms with Crippen LogP contribution in [0.25, 0.3) is 11.2 Å². The topological polar surface area (TPSA) is 151 Å². The van der Waals surface area contributed by atoms with Crippen molar-refractivity contribution < 1.29 is 18.7 Å². The van der Waals surface area contributed by atoms with Crippen LogP contribution in [0.5, 0.6) is 0 Å². The van der Waals surface area contributed by atoms with Gasteiger partial charge in [-0.1, -0.05) is 0 Å². The van der Waals surface area contributed by atoms with Crippen LogP contribution in [-0.2, 0) is 20.4 Å². The van der Waals surface area contributed by atoms with Crippen molar-refractivity contribution in [3.05, 3.63) is 12.7 Å². The van der Waals surface area contributed by atoms with Crippen molar-refractivity contribution in [2.45, 2.75) is 19.6 Å². The molecule has 2 rings (SSSR count). The number of hydrogen-bond acceptors (Lipinski definition) is 7. The first-order chi connectivity index (χ1) is 9.37. The fraction of sp³-hybridized carbons (Fsp3) is 0.444. The molecule has 0 spiro atoms. The molecule has 10 nitrogen and oxygen atoms in total. The molecule has 2 aromatic rings. The first-order valence-corrected chi connectivity index (χ1v) is 7.30. The van der Waals surface area contributed by atoms with Gasteiger partial charge in [0.25, 0.3) is 0 Å². The Hall–Kier alpha value is -1.58. The van der Waals surface area contributed by atoms with E-state index in [1.807, 2.05) is 0 Å². The maximum Gasteiger partial charge on any atom is 0.402 e. The lowest BCUT2D eigenvalue weighted by Gasteiger charge is -2.14. The third-order valence-electron chi connectivity index (χ3n) is 2.47. The maximum absolute atomic E-state index is 10.7. The smallest absolute Gasteiger partial charge is 0.382 e. The lowest BCUT2D eigenvalue weighted by Crippen LogP contribution is -2.18. The van der Waals surface area contributed by atoms with Gasteiger partial charge in [-0.05, 0) is 6.92 Å². The van der Waals surface area contributed by atoms with E-state index < -0.39 is 7.75 Å². The van der Waals surface area contributed by atoms with Crippen molar-refractivity contribution in [1.82, 2.24) is 19.5 Å². The van der Waals surface area contributed by atoms with Crippen LogP contribution in [0, 0.1) is 0 Å². The molecule has 0 aliphatic heterocycles. The lowest BCUT2D eigenvalue weighted by molar-refractivity contribution is -0.0378. The number of anilines is 1. The van der Waals surface area contributed by atoms with Crippen LogP contribution in [0.15, 0.2) is 12.7 Å². The number of nitrogen functional groups attached to an aromatic ring is 1. The van der Waals surface area contributed by atoms with E-state index in [1.54, 1.807) is 17.8 Å². The van der Waals surface area contributed by atoms with E-state index in [0.29, 0.717) is 23.5 Å². The van der Waals surface area contributed by atoms with Crippen LogP contribution in [0.2, 0.25) is 0 Å². The second-order valence-electron chi connectivity index (χ2n) is 4.12. The molecule has 0 aliphatic rings. The van der Waals surface area contributed by atoms with E-state index in [4.69, 9.17) is 20.9 Å². The van der Waals surface area contributed by atoms with Gasteiger partial charge in [0.1, 0.15) is 11.8 Å². The number of nitrogens with two attached hydrogens (primary N) is 2. The minimum atomic E-state index is -4.02. The van der Waals surface area contributed by atoms with Crippen molar-refractivity contribution in [2.24, 2.45) is 5.50 Å². The summed E-state index contributed by atoms with van der Waals surface area (Å²) in [6.45, 7) is 1.80. The van der Waals surface area contributed by atoms with E-state index in [1.165, 1.54) is 6.33 Å². The normalized spacial score (nSPS) is 16.1. The highest BCUT2D eigenvalue weighted by Gasteiger charge is 2.14. The number of rotatable bonds is 6. The molecular formula is C9H15N6O4P. The molecule has 1 unspecified atom stereocenters. The molecule has 2 heterocycles. The highest BCUT2D eigenvalue weighted by Crippen LogP contribution is 2.30. The van der Waals surface area contributed by atoms with Crippen LogP contribution in [0.4, 0.5) is 5.82 Å². The highest BCUT2D eigenvalue weighted by atomic mass is 31.2. The molecular weight excluding hydrogens is 287 g/mol. The van der Waals surface area contributed by atoms with Crippen LogP contribution in [-0.4, -0.2) is 37.3 Å². The third kappa shape index (κ3) is 3.71. The molecule has 110 valence electrons. The van der Waals surface area contributed by atoms with Gasteiger partial charge in [-0.25, -0.2) is 25.0 Å². The van der Waals surface area contributed by atoms with Gasteiger partial charge in [-0.15, -0.1) is 0 Å². The average molecular weight is 302 g/mol. The Morgan fingerprint density at radius 3 is 2.95 bits per heavy atom. The summed E-state index contributed by atoms with van der Waals surface area (Å²) in [5.74, 6) is 0.301. The lowest BCUT2D eigenvalue weighted by atomic mass is 10.4. The second kappa shape index (κ2) is 5.81. The van der Waals surface area contributed by atoms with E-state index >= 15 is 0 Å². The molecule has 0 fully saturated rings. The Balaban J connectivity index is 1.98. The van der Waals surface area contributed by atoms with Crippen LogP contribution < -0.4 is 11.2 Å². The first-order valence-electron chi connectivity index (χ1n) is 5.65. The standard InChI is InChI=1S/C9H15N6O4P/c1-6(18-5-19-20(11,16)17)2-15-4-14-7-8(10)12-3-13-9(7)15/h3-4,6H,2,5H2,1H3,(H2,10,12,13)(H3,11,16,17)/t6-/m1/s1. The molecule has 11 heteroatoms. The number of hydrogen-bond donors (Lipinski definition) is 3. The number of nitrogens with zero attached hydrogens (tertiary/aromatic N) is 4. The molecule has 0 aromatic carbocycles. The molecule has 5 N–H and O–H groups in total. The van der Waals surface area contributed by atoms with Crippen molar-refractivity contribution in [2.75, 3.05) is 12.5 Å². The van der Waals surface area contributed by atoms with Gasteiger partial charge in [0.05, 0.1) is 19.0 Å². The van der Waals surface area contributed by atoms with Crippen LogP contribution in [0.3, 0.4) is 0 Å². The monoisotopic (exact) mass is 302 g/mol. The van der Waals surface area contributed by atoms with Crippen LogP contribution >= 0.6 is 7.75 Å². The van der Waals surface area contributed by atoms with Crippen molar-refractivity contribution in [3.8, 4) is 0 Å². The van der Waals surface area contributed by atoms with E-state index in [2.05, 4.69) is 19.5 Å². The average Bonchev–Trinajstić information content (AvgIpc) is 2.72. The summed E-state index contributed by atoms with van der Waals surface area (Å²) in [4.78, 5) is 20.8. The fourth-order valence-corrected chi connectivity index (χ4v) is 1.80. The Morgan fingerprint density at radius 1 is 1.50 bits per heavy atom. The van der Waals surface area contributed by atoms with E-state index in [-0.39, 0.29) is 12.9 Å². The van der Waals surface area contributed by atoms with Crippen molar-refractivity contribution in [1.29, 1.82) is 0 Å². The van der Waals surface area contributed by atoms with Gasteiger partial charge < -0.3 is 19.9 Å². The van der Waals surface area contributed by atoms with Crippen molar-refractivity contribution in [3.63, 3.8) is 0 Å². The Bertz CT molecular complexity index is 640. The summed E-state index contributed by atoms with van der Waals surface area (Å²) >= 11 is 0. The molecule has 0 amide bonds. The fourth-order valence-electron chi connectivity index (χ4n) is 1.58. The van der Waals surface area contributed by atoms with Gasteiger partial charge >= 0.3 is 7.75 Å². The van der Waals surface area contributed by atoms with Gasteiger partial charge in [-0.2, -0.15) is 0 Å². The van der Waals surface area contributed by atoms with E-state index in [0.717, 1.165) is 0 Å². The predicted molar refractivity (Wildman–Crippen MR) is 70.2 cm³/mol. The number of imidazole rings is 1. The summed E-state index contributed by atoms with van der Waals surface area (Å²) in [5.41, 5.74) is 11.6. The highest BCUT2D eigenvalue weighted by molar-refractivity contribution is 7.50. The molecule has 0 saturated carbocycles. The number of ether oxygens (including phenoxy) is 1. The molecule has 0 radical (unpaired) electrons. The minimum Gasteiger partial charge on any atom is -0.382 e. The molecule has 0 aliphatic carbocycles. The second-order valence-corrected chi connectivity index (χ2v) is 5.50. The molecule has 2 aromatic heterocycles. The number of fused-ring (bicyclic) bond motifs is 1. The molecule has 20 heavy (non-hydrogen) atoms. The Morgan fingerprint density at radius 2 is 2.25 bits per heavy atom. The minimum absolute atomic E-state index is 0.301. The zero-order valence-corrected chi connectivity index (χ0v) is 11.6. The Labute approximate surface area is 114 Å². The molecule has 2 atom stereocenters. The quantitative estimate of drug-likeness (QED) is 0.488. The van der Waals surface area contributed by atoms with Gasteiger partial charge in [0.2, 0.25) is 0 Å². The van der Waals surface area contributed by atoms with Gasteiger partial charge in [-0.3, -0.25) is 4.52 Å². The zero-order chi connectivity index (χ0) is 14.8. The van der Waals surface area contributed by atoms with E-state index in [9.17, 15) is 4.57 Å². The largest absolute Gasteiger partial charge is 0.402 e. The van der Waals surface area contributed by atoms with Crippen molar-refractivity contribution >= 4 is 24.7 Å². The van der Waals surface area contributed by atoms with Gasteiger partial charge in [0.15, 0.2) is 18.3 Å². The summed E-state index contributed by atoms with van der Waals surface area (Å²) in [6.07, 6.45) is 2.60. The summed E-state index contributed by atoms with van der Waals surface area (Å²) in [7, 11) is -4.02. The molecule has 0 saturated heterocycles. The van der Waals surface area contributed by atoms with Gasteiger partial charge in [0, 0.05) is 0 Å². The molecule has 0 bridgehead atoms. The predicted octanol–water partition coefficient (Wildman–Crippen LogP) is -0.153.